The molecular weight excluding hydrogens is 286 g/mol. The topological polar surface area (TPSA) is 70.7 Å². The second-order valence-corrected chi connectivity index (χ2v) is 4.17. The number of halogens is 3. The molecule has 2 aromatic heterocycles. The molecule has 0 spiro atoms. The molecule has 2 heterocycles. The third-order valence-electron chi connectivity index (χ3n) is 1.89. The van der Waals surface area contributed by atoms with Crippen LogP contribution in [0.3, 0.4) is 0 Å². The third-order valence-corrected chi connectivity index (χ3v) is 2.68. The zero-order valence-electron chi connectivity index (χ0n) is 8.17. The van der Waals surface area contributed by atoms with E-state index in [-0.39, 0.29) is 21.7 Å². The summed E-state index contributed by atoms with van der Waals surface area (Å²) in [5.41, 5.74) is 0.442. The fraction of sp³-hybridized carbons (Fsp3) is 0. The number of hydrogen-bond donors (Lipinski definition) is 2. The summed E-state index contributed by atoms with van der Waals surface area (Å²) in [4.78, 5) is 21.9. The molecule has 0 fully saturated rings. The van der Waals surface area contributed by atoms with Gasteiger partial charge in [-0.3, -0.25) is 4.79 Å². The number of H-pyrrole nitrogens is 1. The fourth-order valence-electron chi connectivity index (χ4n) is 1.13. The summed E-state index contributed by atoms with van der Waals surface area (Å²) in [6, 6.07) is 1.47. The molecule has 2 N–H and O–H groups in total. The van der Waals surface area contributed by atoms with E-state index >= 15 is 0 Å². The third kappa shape index (κ3) is 2.69. The van der Waals surface area contributed by atoms with Crippen molar-refractivity contribution in [3.05, 3.63) is 39.6 Å². The summed E-state index contributed by atoms with van der Waals surface area (Å²) in [6.45, 7) is 0. The molecule has 0 bridgehead atoms. The van der Waals surface area contributed by atoms with Crippen LogP contribution in [-0.4, -0.2) is 20.9 Å². The predicted molar refractivity (Wildman–Crippen MR) is 65.8 cm³/mol. The first-order valence-corrected chi connectivity index (χ1v) is 5.52. The first-order valence-electron chi connectivity index (χ1n) is 4.39. The Kier molecular flexibility index (Phi) is 3.51. The number of nitrogens with zero attached hydrogens (tertiary/aromatic N) is 2. The van der Waals surface area contributed by atoms with Gasteiger partial charge in [-0.25, -0.2) is 9.97 Å². The molecule has 0 aliphatic heterocycles. The predicted octanol–water partition coefficient (Wildman–Crippen LogP) is 3.02. The maximum absolute atomic E-state index is 11.8. The quantitative estimate of drug-likeness (QED) is 0.836. The van der Waals surface area contributed by atoms with E-state index in [0.29, 0.717) is 5.02 Å². The Morgan fingerprint density at radius 1 is 1.24 bits per heavy atom. The van der Waals surface area contributed by atoms with Crippen LogP contribution in [0.1, 0.15) is 10.5 Å². The van der Waals surface area contributed by atoms with Gasteiger partial charge in [0, 0.05) is 6.20 Å². The van der Waals surface area contributed by atoms with E-state index < -0.39 is 5.91 Å². The monoisotopic (exact) mass is 290 g/mol. The Morgan fingerprint density at radius 2 is 1.88 bits per heavy atom. The Labute approximate surface area is 111 Å². The number of rotatable bonds is 2. The minimum atomic E-state index is -0.435. The van der Waals surface area contributed by atoms with Crippen LogP contribution in [0.15, 0.2) is 18.6 Å². The van der Waals surface area contributed by atoms with Gasteiger partial charge in [0.2, 0.25) is 0 Å². The van der Waals surface area contributed by atoms with Gasteiger partial charge in [0.1, 0.15) is 17.7 Å². The van der Waals surface area contributed by atoms with E-state index in [4.69, 9.17) is 34.8 Å². The summed E-state index contributed by atoms with van der Waals surface area (Å²) in [7, 11) is 0. The average Bonchev–Trinajstić information content (AvgIpc) is 2.70. The molecule has 0 aromatic carbocycles. The highest BCUT2D eigenvalue weighted by Crippen LogP contribution is 2.26. The number of nitrogens with one attached hydrogen (secondary N) is 2. The molecular formula is C9H5Cl3N4O. The molecule has 0 atom stereocenters. The Bertz CT molecular complexity index is 549. The molecule has 0 aliphatic carbocycles. The van der Waals surface area contributed by atoms with Crippen LogP contribution in [0.4, 0.5) is 5.69 Å². The summed E-state index contributed by atoms with van der Waals surface area (Å²) in [5, 5.41) is 3.05. The SMILES string of the molecule is O=C(Nc1c(Cl)ncnc1Cl)c1cc(Cl)c[nH]1. The molecule has 8 heteroatoms. The van der Waals surface area contributed by atoms with E-state index in [1.807, 2.05) is 0 Å². The van der Waals surface area contributed by atoms with Crippen LogP contribution >= 0.6 is 34.8 Å². The van der Waals surface area contributed by atoms with Gasteiger partial charge in [-0.05, 0) is 6.07 Å². The van der Waals surface area contributed by atoms with Gasteiger partial charge in [0.05, 0.1) is 5.02 Å². The lowest BCUT2D eigenvalue weighted by Crippen LogP contribution is -2.13. The highest BCUT2D eigenvalue weighted by Gasteiger charge is 2.14. The summed E-state index contributed by atoms with van der Waals surface area (Å²) < 4.78 is 0. The lowest BCUT2D eigenvalue weighted by Gasteiger charge is -2.06. The maximum atomic E-state index is 11.8. The van der Waals surface area contributed by atoms with Crippen LogP contribution < -0.4 is 5.32 Å². The Hall–Kier alpha value is -1.30. The normalized spacial score (nSPS) is 10.3. The van der Waals surface area contributed by atoms with Crippen LogP contribution in [0.2, 0.25) is 15.3 Å². The van der Waals surface area contributed by atoms with Gasteiger partial charge in [0.25, 0.3) is 5.91 Å². The standard InChI is InChI=1S/C9H5Cl3N4O/c10-4-1-5(13-2-4)9(17)16-6-7(11)14-3-15-8(6)12/h1-3,13H,(H,16,17). The fourth-order valence-corrected chi connectivity index (χ4v) is 1.70. The van der Waals surface area contributed by atoms with Crippen LogP contribution in [0.5, 0.6) is 0 Å². The second kappa shape index (κ2) is 4.91. The number of carbonyl (C=O) groups is 1. The van der Waals surface area contributed by atoms with Gasteiger partial charge in [-0.15, -0.1) is 0 Å². The zero-order chi connectivity index (χ0) is 12.4. The van der Waals surface area contributed by atoms with E-state index in [1.165, 1.54) is 18.6 Å². The molecule has 0 radical (unpaired) electrons. The summed E-state index contributed by atoms with van der Waals surface area (Å²) >= 11 is 17.2. The second-order valence-electron chi connectivity index (χ2n) is 3.02. The molecule has 88 valence electrons. The van der Waals surface area contributed by atoms with Gasteiger partial charge >= 0.3 is 0 Å². The molecule has 0 saturated carbocycles. The van der Waals surface area contributed by atoms with E-state index in [9.17, 15) is 4.79 Å². The van der Waals surface area contributed by atoms with Crippen molar-refractivity contribution in [2.24, 2.45) is 0 Å². The molecule has 0 unspecified atom stereocenters. The van der Waals surface area contributed by atoms with Crippen LogP contribution in [-0.2, 0) is 0 Å². The van der Waals surface area contributed by atoms with Crippen molar-refractivity contribution in [3.8, 4) is 0 Å². The minimum Gasteiger partial charge on any atom is -0.356 e. The number of aromatic nitrogens is 3. The average molecular weight is 292 g/mol. The molecule has 0 aliphatic rings. The van der Waals surface area contributed by atoms with E-state index in [0.717, 1.165) is 0 Å². The number of hydrogen-bond acceptors (Lipinski definition) is 3. The van der Waals surface area contributed by atoms with Crippen LogP contribution in [0.25, 0.3) is 0 Å². The lowest BCUT2D eigenvalue weighted by atomic mass is 10.4. The smallest absolute Gasteiger partial charge is 0.272 e. The number of carbonyl (C=O) groups excluding carboxylic acids is 1. The van der Waals surface area contributed by atoms with E-state index in [1.54, 1.807) is 0 Å². The van der Waals surface area contributed by atoms with Crippen molar-refractivity contribution in [2.45, 2.75) is 0 Å². The number of aromatic amines is 1. The minimum absolute atomic E-state index is 0.0657. The molecule has 2 rings (SSSR count). The van der Waals surface area contributed by atoms with Crippen molar-refractivity contribution >= 4 is 46.4 Å². The van der Waals surface area contributed by atoms with Crippen LogP contribution in [0, 0.1) is 0 Å². The molecule has 17 heavy (non-hydrogen) atoms. The first-order chi connectivity index (χ1) is 8.08. The molecule has 2 aromatic rings. The molecule has 0 saturated heterocycles. The largest absolute Gasteiger partial charge is 0.356 e. The van der Waals surface area contributed by atoms with Crippen molar-refractivity contribution in [1.29, 1.82) is 0 Å². The highest BCUT2D eigenvalue weighted by atomic mass is 35.5. The Morgan fingerprint density at radius 3 is 2.41 bits per heavy atom. The summed E-state index contributed by atoms with van der Waals surface area (Å²) in [6.07, 6.45) is 2.69. The van der Waals surface area contributed by atoms with Crippen molar-refractivity contribution in [1.82, 2.24) is 15.0 Å². The maximum Gasteiger partial charge on any atom is 0.272 e. The summed E-state index contributed by atoms with van der Waals surface area (Å²) in [5.74, 6) is -0.435. The molecule has 1 amide bonds. The molecule has 5 nitrogen and oxygen atoms in total. The lowest BCUT2D eigenvalue weighted by molar-refractivity contribution is 0.102. The highest BCUT2D eigenvalue weighted by molar-refractivity contribution is 6.38. The Balaban J connectivity index is 2.24. The van der Waals surface area contributed by atoms with Gasteiger partial charge < -0.3 is 10.3 Å². The van der Waals surface area contributed by atoms with E-state index in [2.05, 4.69) is 20.3 Å². The number of amides is 1. The van der Waals surface area contributed by atoms with Crippen molar-refractivity contribution in [2.75, 3.05) is 5.32 Å². The first kappa shape index (κ1) is 12.2. The van der Waals surface area contributed by atoms with Gasteiger partial charge in [-0.1, -0.05) is 34.8 Å². The van der Waals surface area contributed by atoms with Gasteiger partial charge in [-0.2, -0.15) is 0 Å². The van der Waals surface area contributed by atoms with Gasteiger partial charge in [0.15, 0.2) is 10.3 Å². The van der Waals surface area contributed by atoms with Crippen molar-refractivity contribution in [3.63, 3.8) is 0 Å². The van der Waals surface area contributed by atoms with Crippen molar-refractivity contribution < 1.29 is 4.79 Å². The zero-order valence-corrected chi connectivity index (χ0v) is 10.4. The number of anilines is 1.